The third-order valence-electron chi connectivity index (χ3n) is 4.32. The van der Waals surface area contributed by atoms with Gasteiger partial charge in [0, 0.05) is 25.2 Å². The third-order valence-corrected chi connectivity index (χ3v) is 6.22. The molecular weight excluding hydrogens is 342 g/mol. The van der Waals surface area contributed by atoms with Crippen molar-refractivity contribution >= 4 is 28.1 Å². The average molecular weight is 364 g/mol. The molecular formula is C14H22ClN3O4S. The molecule has 1 aromatic rings. The van der Waals surface area contributed by atoms with Crippen LogP contribution in [0, 0.1) is 29.9 Å². The maximum Gasteiger partial charge on any atom is 0.289 e. The molecule has 2 unspecified atom stereocenters. The van der Waals surface area contributed by atoms with Gasteiger partial charge in [0.2, 0.25) is 10.0 Å². The zero-order valence-electron chi connectivity index (χ0n) is 13.4. The number of sulfonamides is 1. The second kappa shape index (κ2) is 7.12. The lowest BCUT2D eigenvalue weighted by Gasteiger charge is -2.34. The SMILES string of the molecule is Cc1cc([N+](=O)[O-])c(S(=O)(=O)N2CCC(N)C(C)C2)cc1C.Cl. The molecule has 1 aliphatic heterocycles. The van der Waals surface area contributed by atoms with E-state index in [1.807, 2.05) is 6.92 Å². The first-order valence-electron chi connectivity index (χ1n) is 7.16. The summed E-state index contributed by atoms with van der Waals surface area (Å²) in [5.41, 5.74) is 6.95. The van der Waals surface area contributed by atoms with Gasteiger partial charge in [-0.3, -0.25) is 10.1 Å². The van der Waals surface area contributed by atoms with Crippen LogP contribution in [0.3, 0.4) is 0 Å². The smallest absolute Gasteiger partial charge is 0.289 e. The van der Waals surface area contributed by atoms with Crippen LogP contribution < -0.4 is 5.73 Å². The Bertz CT molecular complexity index is 708. The summed E-state index contributed by atoms with van der Waals surface area (Å²) in [6.07, 6.45) is 0.555. The molecule has 1 saturated heterocycles. The van der Waals surface area contributed by atoms with Crippen LogP contribution in [0.4, 0.5) is 5.69 Å². The zero-order valence-corrected chi connectivity index (χ0v) is 15.0. The summed E-state index contributed by atoms with van der Waals surface area (Å²) in [7, 11) is -3.90. The number of benzene rings is 1. The maximum absolute atomic E-state index is 12.8. The molecule has 130 valence electrons. The van der Waals surface area contributed by atoms with Crippen molar-refractivity contribution in [2.75, 3.05) is 13.1 Å². The molecule has 0 spiro atoms. The van der Waals surface area contributed by atoms with Crippen LogP contribution >= 0.6 is 12.4 Å². The van der Waals surface area contributed by atoms with Crippen molar-refractivity contribution in [3.63, 3.8) is 0 Å². The summed E-state index contributed by atoms with van der Waals surface area (Å²) in [5.74, 6) is 0.0223. The van der Waals surface area contributed by atoms with E-state index in [9.17, 15) is 18.5 Å². The molecule has 1 aromatic carbocycles. The van der Waals surface area contributed by atoms with Crippen LogP contribution in [-0.4, -0.2) is 36.8 Å². The van der Waals surface area contributed by atoms with Gasteiger partial charge in [0.1, 0.15) is 0 Å². The molecule has 0 radical (unpaired) electrons. The topological polar surface area (TPSA) is 107 Å². The molecule has 0 aromatic heterocycles. The highest BCUT2D eigenvalue weighted by Gasteiger charge is 2.36. The average Bonchev–Trinajstić information content (AvgIpc) is 2.43. The molecule has 2 atom stereocenters. The molecule has 1 aliphatic rings. The fourth-order valence-corrected chi connectivity index (χ4v) is 4.39. The summed E-state index contributed by atoms with van der Waals surface area (Å²) in [6, 6.07) is 2.67. The van der Waals surface area contributed by atoms with Crippen LogP contribution in [0.2, 0.25) is 0 Å². The Morgan fingerprint density at radius 2 is 1.87 bits per heavy atom. The number of nitro groups is 1. The molecule has 23 heavy (non-hydrogen) atoms. The van der Waals surface area contributed by atoms with Gasteiger partial charge in [-0.1, -0.05) is 6.92 Å². The largest absolute Gasteiger partial charge is 0.327 e. The van der Waals surface area contributed by atoms with E-state index in [1.54, 1.807) is 13.8 Å². The highest BCUT2D eigenvalue weighted by Crippen LogP contribution is 2.31. The quantitative estimate of drug-likeness (QED) is 0.652. The number of nitrogens with two attached hydrogens (primary N) is 1. The van der Waals surface area contributed by atoms with Gasteiger partial charge in [-0.25, -0.2) is 8.42 Å². The predicted octanol–water partition coefficient (Wildman–Crippen LogP) is 1.99. The molecule has 1 heterocycles. The Hall–Kier alpha value is -1.22. The minimum Gasteiger partial charge on any atom is -0.327 e. The fourth-order valence-electron chi connectivity index (χ4n) is 2.61. The highest BCUT2D eigenvalue weighted by molar-refractivity contribution is 7.89. The van der Waals surface area contributed by atoms with Crippen molar-refractivity contribution < 1.29 is 13.3 Å². The zero-order chi connectivity index (χ0) is 16.7. The fraction of sp³-hybridized carbons (Fsp3) is 0.571. The van der Waals surface area contributed by atoms with Crippen molar-refractivity contribution in [3.8, 4) is 0 Å². The number of hydrogen-bond acceptors (Lipinski definition) is 5. The maximum atomic E-state index is 12.8. The first-order valence-corrected chi connectivity index (χ1v) is 8.60. The van der Waals surface area contributed by atoms with Crippen molar-refractivity contribution in [1.29, 1.82) is 0 Å². The highest BCUT2D eigenvalue weighted by atomic mass is 35.5. The van der Waals surface area contributed by atoms with E-state index in [0.29, 0.717) is 17.5 Å². The van der Waals surface area contributed by atoms with Crippen LogP contribution in [0.1, 0.15) is 24.5 Å². The molecule has 1 fully saturated rings. The number of halogens is 1. The first kappa shape index (κ1) is 19.8. The van der Waals surface area contributed by atoms with Gasteiger partial charge >= 0.3 is 0 Å². The Kier molecular flexibility index (Phi) is 6.14. The van der Waals surface area contributed by atoms with Gasteiger partial charge in [0.15, 0.2) is 4.90 Å². The van der Waals surface area contributed by atoms with Gasteiger partial charge in [0.05, 0.1) is 4.92 Å². The minimum atomic E-state index is -3.90. The number of nitro benzene ring substituents is 1. The molecule has 2 rings (SSSR count). The van der Waals surface area contributed by atoms with Crippen molar-refractivity contribution in [2.24, 2.45) is 11.7 Å². The number of hydrogen-bond donors (Lipinski definition) is 1. The molecule has 9 heteroatoms. The van der Waals surface area contributed by atoms with E-state index in [2.05, 4.69) is 0 Å². The van der Waals surface area contributed by atoms with Crippen molar-refractivity contribution in [2.45, 2.75) is 38.1 Å². The van der Waals surface area contributed by atoms with Crippen molar-refractivity contribution in [1.82, 2.24) is 4.31 Å². The number of aryl methyl sites for hydroxylation is 2. The van der Waals surface area contributed by atoms with E-state index < -0.39 is 14.9 Å². The molecule has 0 aliphatic carbocycles. The molecule has 0 amide bonds. The van der Waals surface area contributed by atoms with Gasteiger partial charge in [-0.15, -0.1) is 12.4 Å². The van der Waals surface area contributed by atoms with Crippen LogP contribution in [0.5, 0.6) is 0 Å². The van der Waals surface area contributed by atoms with Crippen LogP contribution in [0.25, 0.3) is 0 Å². The van der Waals surface area contributed by atoms with Crippen molar-refractivity contribution in [3.05, 3.63) is 33.4 Å². The Morgan fingerprint density at radius 3 is 2.39 bits per heavy atom. The number of piperidine rings is 1. The third kappa shape index (κ3) is 3.82. The van der Waals surface area contributed by atoms with E-state index in [4.69, 9.17) is 5.73 Å². The minimum absolute atomic E-state index is 0. The summed E-state index contributed by atoms with van der Waals surface area (Å²) in [5, 5.41) is 11.2. The van der Waals surface area contributed by atoms with Gasteiger partial charge in [-0.05, 0) is 43.4 Å². The Morgan fingerprint density at radius 1 is 1.30 bits per heavy atom. The van der Waals surface area contributed by atoms with Crippen LogP contribution in [0.15, 0.2) is 17.0 Å². The predicted molar refractivity (Wildman–Crippen MR) is 90.3 cm³/mol. The summed E-state index contributed by atoms with van der Waals surface area (Å²) >= 11 is 0. The molecule has 2 N–H and O–H groups in total. The van der Waals surface area contributed by atoms with E-state index in [1.165, 1.54) is 16.4 Å². The Labute approximate surface area is 142 Å². The van der Waals surface area contributed by atoms with E-state index >= 15 is 0 Å². The van der Waals surface area contributed by atoms with Gasteiger partial charge in [0.25, 0.3) is 5.69 Å². The normalized spacial score (nSPS) is 22.4. The second-order valence-corrected chi connectivity index (χ2v) is 7.86. The lowest BCUT2D eigenvalue weighted by molar-refractivity contribution is -0.387. The Balaban J connectivity index is 0.00000264. The summed E-state index contributed by atoms with van der Waals surface area (Å²) in [4.78, 5) is 10.4. The number of nitrogens with zero attached hydrogens (tertiary/aromatic N) is 2. The lowest BCUT2D eigenvalue weighted by Crippen LogP contribution is -2.48. The van der Waals surface area contributed by atoms with Gasteiger partial charge < -0.3 is 5.73 Å². The van der Waals surface area contributed by atoms with E-state index in [0.717, 1.165) is 0 Å². The standard InChI is InChI=1S/C14H21N3O4S.ClH/c1-9-6-13(17(18)19)14(7-10(9)2)22(20,21)16-5-4-12(15)11(3)8-16;/h6-7,11-12H,4-5,8,15H2,1-3H3;1H. The van der Waals surface area contributed by atoms with Crippen LogP contribution in [-0.2, 0) is 10.0 Å². The monoisotopic (exact) mass is 363 g/mol. The number of rotatable bonds is 3. The van der Waals surface area contributed by atoms with Gasteiger partial charge in [-0.2, -0.15) is 4.31 Å². The summed E-state index contributed by atoms with van der Waals surface area (Å²) in [6.45, 7) is 5.93. The second-order valence-electron chi connectivity index (χ2n) is 5.95. The lowest BCUT2D eigenvalue weighted by atomic mass is 9.96. The van der Waals surface area contributed by atoms with E-state index in [-0.39, 0.29) is 48.0 Å². The molecule has 0 bridgehead atoms. The summed E-state index contributed by atoms with van der Waals surface area (Å²) < 4.78 is 26.9. The molecule has 0 saturated carbocycles. The first-order chi connectivity index (χ1) is 10.1. The molecule has 7 nitrogen and oxygen atoms in total.